The van der Waals surface area contributed by atoms with Gasteiger partial charge in [0.1, 0.15) is 24.4 Å². The SMILES string of the molecule is O=C(O)CN1CCN(CC(=O)O)CCN(OCC[C@@H]2O[C@H](CO)[C@H](O)[C@H](O)[C@H]2O)CCN(CC(=O)O)CC1.[Gd]. The van der Waals surface area contributed by atoms with Gasteiger partial charge in [0.25, 0.3) is 0 Å². The zero-order valence-corrected chi connectivity index (χ0v) is 23.9. The third-order valence-electron chi connectivity index (χ3n) is 6.54. The van der Waals surface area contributed by atoms with Crippen LogP contribution in [0.2, 0.25) is 0 Å². The molecule has 0 aromatic rings. The molecule has 5 atom stereocenters. The number of carboxylic acid groups (broad SMARTS) is 3. The minimum absolute atomic E-state index is 0. The standard InChI is InChI=1S/C22H40N4O12.Gd/c27-14-16-21(35)22(36)20(34)15(38-16)1-10-37-26-8-6-24(12-18(30)31)4-2-23(11-17(28)29)3-5-25(7-9-26)13-19(32)33;/h15-16,20-22,27,34-36H,1-14H2,(H,28,29)(H,30,31)(H,32,33);/t15-,16+,20-,21-,22+;/m0./s1. The van der Waals surface area contributed by atoms with Crippen LogP contribution in [-0.4, -0.2) is 189 Å². The van der Waals surface area contributed by atoms with Crippen LogP contribution < -0.4 is 0 Å². The Morgan fingerprint density at radius 3 is 1.44 bits per heavy atom. The van der Waals surface area contributed by atoms with Crippen LogP contribution in [-0.2, 0) is 24.0 Å². The van der Waals surface area contributed by atoms with Crippen molar-refractivity contribution in [3.8, 4) is 0 Å². The fourth-order valence-corrected chi connectivity index (χ4v) is 4.41. The van der Waals surface area contributed by atoms with E-state index in [0.717, 1.165) is 0 Å². The molecule has 0 bridgehead atoms. The Morgan fingerprint density at radius 2 is 1.05 bits per heavy atom. The summed E-state index contributed by atoms with van der Waals surface area (Å²) in [4.78, 5) is 44.8. The number of hydrogen-bond donors (Lipinski definition) is 7. The van der Waals surface area contributed by atoms with Gasteiger partial charge in [-0.15, -0.1) is 0 Å². The van der Waals surface area contributed by atoms with Gasteiger partial charge in [0.05, 0.1) is 39.0 Å². The molecule has 2 heterocycles. The molecular formula is C22H40GdN4O12. The van der Waals surface area contributed by atoms with Gasteiger partial charge in [0.2, 0.25) is 0 Å². The quantitative estimate of drug-likeness (QED) is 0.108. The van der Waals surface area contributed by atoms with Gasteiger partial charge >= 0.3 is 17.9 Å². The number of aliphatic hydroxyl groups is 4. The van der Waals surface area contributed by atoms with E-state index in [2.05, 4.69) is 0 Å². The predicted octanol–water partition coefficient (Wildman–Crippen LogP) is -4.37. The second kappa shape index (κ2) is 18.7. The molecule has 39 heavy (non-hydrogen) atoms. The minimum atomic E-state index is -1.50. The van der Waals surface area contributed by atoms with Crippen molar-refractivity contribution in [3.05, 3.63) is 0 Å². The van der Waals surface area contributed by atoms with E-state index in [-0.39, 0.29) is 125 Å². The van der Waals surface area contributed by atoms with Crippen molar-refractivity contribution in [3.63, 3.8) is 0 Å². The molecule has 2 aliphatic heterocycles. The van der Waals surface area contributed by atoms with Gasteiger partial charge in [0, 0.05) is 98.7 Å². The van der Waals surface area contributed by atoms with E-state index in [9.17, 15) is 50.1 Å². The third-order valence-corrected chi connectivity index (χ3v) is 6.54. The van der Waals surface area contributed by atoms with Crippen LogP contribution in [0.25, 0.3) is 0 Å². The first-order chi connectivity index (χ1) is 18.0. The molecule has 7 N–H and O–H groups in total. The number of hydroxylamine groups is 2. The topological polar surface area (TPSA) is 224 Å². The molecule has 0 aliphatic carbocycles. The van der Waals surface area contributed by atoms with Crippen LogP contribution in [0.4, 0.5) is 0 Å². The van der Waals surface area contributed by atoms with E-state index in [1.807, 2.05) is 0 Å². The van der Waals surface area contributed by atoms with E-state index in [0.29, 0.717) is 0 Å². The van der Waals surface area contributed by atoms with Gasteiger partial charge in [-0.1, -0.05) is 0 Å². The molecule has 0 aromatic carbocycles. The Bertz CT molecular complexity index is 735. The molecule has 0 amide bonds. The maximum atomic E-state index is 11.4. The van der Waals surface area contributed by atoms with Crippen molar-refractivity contribution >= 4 is 17.9 Å². The van der Waals surface area contributed by atoms with Crippen molar-refractivity contribution in [1.29, 1.82) is 0 Å². The van der Waals surface area contributed by atoms with Crippen molar-refractivity contribution < 1.29 is 99.6 Å². The maximum Gasteiger partial charge on any atom is 0.317 e. The average Bonchev–Trinajstić information content (AvgIpc) is 2.84. The summed E-state index contributed by atoms with van der Waals surface area (Å²) >= 11 is 0. The Kier molecular flexibility index (Phi) is 17.4. The third kappa shape index (κ3) is 13.2. The molecule has 2 rings (SSSR count). The molecule has 17 heteroatoms. The molecule has 0 saturated carbocycles. The van der Waals surface area contributed by atoms with Gasteiger partial charge in [-0.25, -0.2) is 0 Å². The van der Waals surface area contributed by atoms with E-state index < -0.39 is 55.0 Å². The summed E-state index contributed by atoms with van der Waals surface area (Å²) < 4.78 is 5.49. The molecule has 2 aliphatic rings. The van der Waals surface area contributed by atoms with E-state index in [1.165, 1.54) is 0 Å². The van der Waals surface area contributed by atoms with Crippen LogP contribution in [0, 0.1) is 39.9 Å². The Labute approximate surface area is 258 Å². The molecule has 0 radical (unpaired) electrons. The first kappa shape index (κ1) is 36.4. The zero-order chi connectivity index (χ0) is 28.2. The summed E-state index contributed by atoms with van der Waals surface area (Å²) in [5.41, 5.74) is 0. The number of aliphatic hydroxyl groups excluding tert-OH is 4. The first-order valence-corrected chi connectivity index (χ1v) is 12.5. The molecule has 0 aromatic heterocycles. The number of nitrogens with zero attached hydrogens (tertiary/aromatic N) is 4. The van der Waals surface area contributed by atoms with Crippen LogP contribution in [0.3, 0.4) is 0 Å². The summed E-state index contributed by atoms with van der Waals surface area (Å²) in [6.07, 6.45) is -6.19. The maximum absolute atomic E-state index is 11.4. The Hall–Kier alpha value is -0.665. The van der Waals surface area contributed by atoms with Gasteiger partial charge in [-0.3, -0.25) is 33.9 Å². The molecule has 0 unspecified atom stereocenters. The monoisotopic (exact) mass is 710 g/mol. The van der Waals surface area contributed by atoms with Crippen LogP contribution in [0.15, 0.2) is 0 Å². The smallest absolute Gasteiger partial charge is 0.317 e. The van der Waals surface area contributed by atoms with Crippen molar-refractivity contribution in [2.24, 2.45) is 0 Å². The van der Waals surface area contributed by atoms with Crippen molar-refractivity contribution in [1.82, 2.24) is 19.8 Å². The average molecular weight is 710 g/mol. The van der Waals surface area contributed by atoms with Crippen LogP contribution in [0.5, 0.6) is 0 Å². The largest absolute Gasteiger partial charge is 0.480 e. The second-order valence-electron chi connectivity index (χ2n) is 9.43. The molecule has 0 spiro atoms. The van der Waals surface area contributed by atoms with Gasteiger partial charge in [-0.05, 0) is 0 Å². The minimum Gasteiger partial charge on any atom is -0.480 e. The molecule has 228 valence electrons. The summed E-state index contributed by atoms with van der Waals surface area (Å²) in [5.74, 6) is -3.11. The van der Waals surface area contributed by atoms with Crippen molar-refractivity contribution in [2.45, 2.75) is 36.9 Å². The fraction of sp³-hybridized carbons (Fsp3) is 0.864. The summed E-state index contributed by atoms with van der Waals surface area (Å²) in [6, 6.07) is 0. The number of aliphatic carboxylic acids is 3. The second-order valence-corrected chi connectivity index (χ2v) is 9.43. The first-order valence-electron chi connectivity index (χ1n) is 12.5. The molecule has 16 nitrogen and oxygen atoms in total. The Balaban J connectivity index is 0.00000760. The number of hydrogen-bond acceptors (Lipinski definition) is 13. The van der Waals surface area contributed by atoms with E-state index in [1.54, 1.807) is 19.8 Å². The van der Waals surface area contributed by atoms with E-state index in [4.69, 9.17) is 9.57 Å². The summed E-state index contributed by atoms with van der Waals surface area (Å²) in [5, 5.41) is 68.9. The molecular weight excluding hydrogens is 670 g/mol. The molecule has 2 saturated heterocycles. The number of ether oxygens (including phenoxy) is 1. The number of carboxylic acids is 3. The summed E-state index contributed by atoms with van der Waals surface area (Å²) in [6.45, 7) is 0.849. The Morgan fingerprint density at radius 1 is 0.667 bits per heavy atom. The van der Waals surface area contributed by atoms with Gasteiger partial charge < -0.3 is 40.5 Å². The normalized spacial score (nSPS) is 29.1. The van der Waals surface area contributed by atoms with Gasteiger partial charge in [0.15, 0.2) is 0 Å². The zero-order valence-electron chi connectivity index (χ0n) is 21.6. The molecule has 2 fully saturated rings. The predicted molar refractivity (Wildman–Crippen MR) is 128 cm³/mol. The summed E-state index contributed by atoms with van der Waals surface area (Å²) in [7, 11) is 0. The van der Waals surface area contributed by atoms with Crippen molar-refractivity contribution in [2.75, 3.05) is 85.2 Å². The van der Waals surface area contributed by atoms with Gasteiger partial charge in [-0.2, -0.15) is 5.06 Å². The van der Waals surface area contributed by atoms with E-state index >= 15 is 0 Å². The van der Waals surface area contributed by atoms with Crippen LogP contribution in [0.1, 0.15) is 6.42 Å². The fourth-order valence-electron chi connectivity index (χ4n) is 4.41. The number of carbonyl (C=O) groups is 3. The van der Waals surface area contributed by atoms with Crippen LogP contribution >= 0.6 is 0 Å². The number of rotatable bonds is 11.